The number of thioether (sulfide) groups is 1. The zero-order valence-electron chi connectivity index (χ0n) is 13.0. The highest BCUT2D eigenvalue weighted by atomic mass is 32.2. The fraction of sp³-hybridized carbons (Fsp3) is 0.267. The Bertz CT molecular complexity index is 885. The summed E-state index contributed by atoms with van der Waals surface area (Å²) in [5.74, 6) is -0.672. The Morgan fingerprint density at radius 2 is 2.17 bits per heavy atom. The summed E-state index contributed by atoms with van der Waals surface area (Å²) in [6.07, 6.45) is 1.37. The smallest absolute Gasteiger partial charge is 0.318 e. The molecule has 0 aliphatic rings. The van der Waals surface area contributed by atoms with Gasteiger partial charge in [0.2, 0.25) is 0 Å². The van der Waals surface area contributed by atoms with Gasteiger partial charge < -0.3 is 4.74 Å². The molecule has 2 aromatic heterocycles. The normalized spacial score (nSPS) is 12.3. The van der Waals surface area contributed by atoms with E-state index in [0.29, 0.717) is 21.8 Å². The maximum atomic E-state index is 13.8. The maximum Gasteiger partial charge on any atom is 0.318 e. The Hall–Kier alpha value is -2.55. The Morgan fingerprint density at radius 1 is 1.38 bits per heavy atom. The number of carbonyl (C=O) groups excluding carboxylic acids is 1. The molecule has 9 heteroatoms. The molecular weight excluding hydrogens is 333 g/mol. The molecule has 0 radical (unpaired) electrons. The van der Waals surface area contributed by atoms with Gasteiger partial charge in [0, 0.05) is 5.56 Å². The minimum absolute atomic E-state index is 0.205. The maximum absolute atomic E-state index is 13.8. The fourth-order valence-corrected chi connectivity index (χ4v) is 3.01. The van der Waals surface area contributed by atoms with Gasteiger partial charge in [-0.1, -0.05) is 35.2 Å². The van der Waals surface area contributed by atoms with Gasteiger partial charge in [-0.2, -0.15) is 0 Å². The number of methoxy groups -OCH3 is 1. The highest BCUT2D eigenvalue weighted by Crippen LogP contribution is 2.27. The van der Waals surface area contributed by atoms with Crippen LogP contribution in [-0.4, -0.2) is 43.3 Å². The zero-order valence-corrected chi connectivity index (χ0v) is 13.8. The van der Waals surface area contributed by atoms with E-state index in [9.17, 15) is 9.18 Å². The second-order valence-electron chi connectivity index (χ2n) is 4.97. The molecule has 0 amide bonds. The molecular formula is C15H14FN5O2S. The Balaban J connectivity index is 1.92. The first-order chi connectivity index (χ1) is 11.6. The second-order valence-corrected chi connectivity index (χ2v) is 6.30. The minimum Gasteiger partial charge on any atom is -0.468 e. The lowest BCUT2D eigenvalue weighted by Crippen LogP contribution is -2.14. The number of nitrogens with zero attached hydrogens (tertiary/aromatic N) is 5. The quantitative estimate of drug-likeness (QED) is 0.397. The third-order valence-corrected chi connectivity index (χ3v) is 4.43. The number of hydrogen-bond acceptors (Lipinski definition) is 7. The van der Waals surface area contributed by atoms with Gasteiger partial charge in [0.15, 0.2) is 11.2 Å². The largest absolute Gasteiger partial charge is 0.468 e. The first kappa shape index (κ1) is 16.3. The summed E-state index contributed by atoms with van der Waals surface area (Å²) in [7, 11) is 1.33. The molecule has 24 heavy (non-hydrogen) atoms. The minimum atomic E-state index is -0.440. The van der Waals surface area contributed by atoms with Crippen molar-refractivity contribution in [2.75, 3.05) is 7.11 Å². The van der Waals surface area contributed by atoms with Crippen molar-refractivity contribution < 1.29 is 13.9 Å². The van der Waals surface area contributed by atoms with Gasteiger partial charge >= 0.3 is 5.97 Å². The fourth-order valence-electron chi connectivity index (χ4n) is 2.13. The van der Waals surface area contributed by atoms with Crippen LogP contribution < -0.4 is 0 Å². The number of fused-ring (bicyclic) bond motifs is 1. The van der Waals surface area contributed by atoms with E-state index >= 15 is 0 Å². The first-order valence-corrected chi connectivity index (χ1v) is 8.00. The molecule has 0 fully saturated rings. The molecule has 0 bridgehead atoms. The van der Waals surface area contributed by atoms with Gasteiger partial charge in [0.25, 0.3) is 0 Å². The van der Waals surface area contributed by atoms with E-state index in [-0.39, 0.29) is 18.3 Å². The van der Waals surface area contributed by atoms with E-state index < -0.39 is 5.25 Å². The number of halogens is 1. The van der Waals surface area contributed by atoms with Crippen LogP contribution in [0.25, 0.3) is 11.2 Å². The molecule has 0 saturated heterocycles. The van der Waals surface area contributed by atoms with Crippen molar-refractivity contribution in [1.82, 2.24) is 25.0 Å². The number of hydrogen-bond donors (Lipinski definition) is 0. The average molecular weight is 347 g/mol. The van der Waals surface area contributed by atoms with Gasteiger partial charge in [-0.25, -0.2) is 19.0 Å². The van der Waals surface area contributed by atoms with Crippen molar-refractivity contribution in [2.24, 2.45) is 0 Å². The number of benzene rings is 1. The number of esters is 1. The van der Waals surface area contributed by atoms with Crippen LogP contribution in [0.1, 0.15) is 12.5 Å². The molecule has 1 aromatic carbocycles. The van der Waals surface area contributed by atoms with Crippen molar-refractivity contribution in [3.63, 3.8) is 0 Å². The molecule has 0 aliphatic carbocycles. The Morgan fingerprint density at radius 3 is 2.92 bits per heavy atom. The van der Waals surface area contributed by atoms with E-state index in [2.05, 4.69) is 20.3 Å². The van der Waals surface area contributed by atoms with E-state index in [1.54, 1.807) is 25.1 Å². The number of carbonyl (C=O) groups is 1. The summed E-state index contributed by atoms with van der Waals surface area (Å²) in [5, 5.41) is 8.19. The van der Waals surface area contributed by atoms with Gasteiger partial charge in [-0.3, -0.25) is 4.79 Å². The lowest BCUT2D eigenvalue weighted by Gasteiger charge is -2.08. The van der Waals surface area contributed by atoms with E-state index in [0.717, 1.165) is 0 Å². The molecule has 0 aliphatic heterocycles. The van der Waals surface area contributed by atoms with Gasteiger partial charge in [0.05, 0.1) is 13.7 Å². The predicted octanol–water partition coefficient (Wildman–Crippen LogP) is 2.06. The van der Waals surface area contributed by atoms with Gasteiger partial charge in [-0.15, -0.1) is 5.10 Å². The molecule has 2 heterocycles. The monoisotopic (exact) mass is 347 g/mol. The standard InChI is InChI=1S/C15H14FN5O2S/c1-9(15(22)23-2)24-14-12-13(17-8-18-14)21(20-19-12)7-10-5-3-4-6-11(10)16/h3-6,8-9H,7H2,1-2H3. The topological polar surface area (TPSA) is 82.8 Å². The van der Waals surface area contributed by atoms with Crippen LogP contribution in [0.5, 0.6) is 0 Å². The van der Waals surface area contributed by atoms with Crippen LogP contribution >= 0.6 is 11.8 Å². The molecule has 3 aromatic rings. The van der Waals surface area contributed by atoms with E-state index in [1.807, 2.05) is 0 Å². The third kappa shape index (κ3) is 3.21. The number of rotatable bonds is 5. The third-order valence-electron chi connectivity index (χ3n) is 3.37. The van der Waals surface area contributed by atoms with Crippen molar-refractivity contribution >= 4 is 28.9 Å². The predicted molar refractivity (Wildman–Crippen MR) is 86.0 cm³/mol. The van der Waals surface area contributed by atoms with Crippen molar-refractivity contribution in [1.29, 1.82) is 0 Å². The summed E-state index contributed by atoms with van der Waals surface area (Å²) >= 11 is 1.21. The van der Waals surface area contributed by atoms with Crippen molar-refractivity contribution in [2.45, 2.75) is 23.7 Å². The van der Waals surface area contributed by atoms with Crippen LogP contribution in [0.4, 0.5) is 4.39 Å². The van der Waals surface area contributed by atoms with Crippen LogP contribution in [0.3, 0.4) is 0 Å². The number of ether oxygens (including phenoxy) is 1. The molecule has 1 atom stereocenters. The van der Waals surface area contributed by atoms with Crippen LogP contribution in [0, 0.1) is 5.82 Å². The molecule has 0 N–H and O–H groups in total. The molecule has 7 nitrogen and oxygen atoms in total. The molecule has 3 rings (SSSR count). The Kier molecular flexibility index (Phi) is 4.70. The Labute approximate surface area is 141 Å². The first-order valence-electron chi connectivity index (χ1n) is 7.12. The van der Waals surface area contributed by atoms with Crippen molar-refractivity contribution in [3.05, 3.63) is 42.0 Å². The summed E-state index contributed by atoms with van der Waals surface area (Å²) < 4.78 is 20.0. The second kappa shape index (κ2) is 6.91. The highest BCUT2D eigenvalue weighted by Gasteiger charge is 2.20. The van der Waals surface area contributed by atoms with Crippen LogP contribution in [0.15, 0.2) is 35.6 Å². The molecule has 1 unspecified atom stereocenters. The highest BCUT2D eigenvalue weighted by molar-refractivity contribution is 8.00. The van der Waals surface area contributed by atoms with Gasteiger partial charge in [0.1, 0.15) is 22.4 Å². The molecule has 0 spiro atoms. The zero-order chi connectivity index (χ0) is 17.1. The van der Waals surface area contributed by atoms with Crippen LogP contribution in [-0.2, 0) is 16.1 Å². The number of aromatic nitrogens is 5. The summed E-state index contributed by atoms with van der Waals surface area (Å²) in [5.41, 5.74) is 1.43. The lowest BCUT2D eigenvalue weighted by atomic mass is 10.2. The van der Waals surface area contributed by atoms with E-state index in [4.69, 9.17) is 4.74 Å². The van der Waals surface area contributed by atoms with Gasteiger partial charge in [-0.05, 0) is 13.0 Å². The SMILES string of the molecule is COC(=O)C(C)Sc1ncnc2c1nnn2Cc1ccccc1F. The van der Waals surface area contributed by atoms with Crippen molar-refractivity contribution in [3.8, 4) is 0 Å². The molecule has 124 valence electrons. The van der Waals surface area contributed by atoms with E-state index in [1.165, 1.54) is 35.9 Å². The van der Waals surface area contributed by atoms with Crippen LogP contribution in [0.2, 0.25) is 0 Å². The molecule has 0 saturated carbocycles. The summed E-state index contributed by atoms with van der Waals surface area (Å²) in [6.45, 7) is 1.92. The average Bonchev–Trinajstić information content (AvgIpc) is 3.00. The lowest BCUT2D eigenvalue weighted by molar-refractivity contribution is -0.139. The summed E-state index contributed by atoms with van der Waals surface area (Å²) in [6, 6.07) is 6.46. The summed E-state index contributed by atoms with van der Waals surface area (Å²) in [4.78, 5) is 19.9.